The highest BCUT2D eigenvalue weighted by atomic mass is 16.3. The minimum Gasteiger partial charge on any atom is -0.508 e. The summed E-state index contributed by atoms with van der Waals surface area (Å²) in [5, 5.41) is 20.6. The Labute approximate surface area is 171 Å². The van der Waals surface area contributed by atoms with Crippen molar-refractivity contribution in [1.29, 1.82) is 0 Å². The summed E-state index contributed by atoms with van der Waals surface area (Å²) >= 11 is 0. The van der Waals surface area contributed by atoms with E-state index < -0.39 is 0 Å². The van der Waals surface area contributed by atoms with Gasteiger partial charge in [-0.1, -0.05) is 78.6 Å². The molecule has 0 unspecified atom stereocenters. The van der Waals surface area contributed by atoms with Gasteiger partial charge in [0.1, 0.15) is 11.5 Å². The molecule has 2 rings (SSSR count). The third-order valence-corrected chi connectivity index (χ3v) is 5.52. The topological polar surface area (TPSA) is 40.5 Å². The molecule has 0 fully saturated rings. The molecule has 2 N–H and O–H groups in total. The molecule has 0 aliphatic carbocycles. The van der Waals surface area contributed by atoms with Gasteiger partial charge >= 0.3 is 0 Å². The van der Waals surface area contributed by atoms with Gasteiger partial charge in [0.05, 0.1) is 0 Å². The molecule has 0 atom stereocenters. The molecule has 28 heavy (non-hydrogen) atoms. The van der Waals surface area contributed by atoms with Gasteiger partial charge in [-0.15, -0.1) is 0 Å². The standard InChI is InChI=1S/C26H38O2/c1-25(2,3)21-15-11-17-23(27)19(21)13-9-7-8-10-14-20-22(26(4,5)6)16-12-18-24(20)28/h11-12,15-18,27-28H,7-10,13-14H2,1-6H3. The van der Waals surface area contributed by atoms with E-state index in [1.807, 2.05) is 12.1 Å². The van der Waals surface area contributed by atoms with E-state index in [9.17, 15) is 10.2 Å². The van der Waals surface area contributed by atoms with E-state index in [0.717, 1.165) is 49.7 Å². The first-order chi connectivity index (χ1) is 13.0. The van der Waals surface area contributed by atoms with Crippen LogP contribution in [-0.4, -0.2) is 10.2 Å². The van der Waals surface area contributed by atoms with Crippen LogP contribution in [0, 0.1) is 0 Å². The van der Waals surface area contributed by atoms with E-state index in [1.54, 1.807) is 12.1 Å². The average molecular weight is 383 g/mol. The fourth-order valence-electron chi connectivity index (χ4n) is 4.04. The zero-order valence-electron chi connectivity index (χ0n) is 18.6. The third kappa shape index (κ3) is 5.77. The number of rotatable bonds is 7. The Hall–Kier alpha value is -1.96. The smallest absolute Gasteiger partial charge is 0.119 e. The van der Waals surface area contributed by atoms with Gasteiger partial charge in [-0.3, -0.25) is 0 Å². The first-order valence-electron chi connectivity index (χ1n) is 10.6. The van der Waals surface area contributed by atoms with Crippen molar-refractivity contribution in [2.45, 2.75) is 90.9 Å². The van der Waals surface area contributed by atoms with Crippen molar-refractivity contribution in [3.05, 3.63) is 58.7 Å². The zero-order valence-corrected chi connectivity index (χ0v) is 18.6. The van der Waals surface area contributed by atoms with Crippen LogP contribution in [0.3, 0.4) is 0 Å². The largest absolute Gasteiger partial charge is 0.508 e. The molecule has 2 aromatic carbocycles. The number of phenolic OH excluding ortho intramolecular Hbond substituents is 2. The molecule has 0 saturated carbocycles. The maximum Gasteiger partial charge on any atom is 0.119 e. The van der Waals surface area contributed by atoms with Crippen LogP contribution in [0.25, 0.3) is 0 Å². The lowest BCUT2D eigenvalue weighted by Gasteiger charge is -2.24. The monoisotopic (exact) mass is 382 g/mol. The summed E-state index contributed by atoms with van der Waals surface area (Å²) in [5.74, 6) is 0.855. The second-order valence-electron chi connectivity index (χ2n) is 10.0. The lowest BCUT2D eigenvalue weighted by molar-refractivity contribution is 0.456. The van der Waals surface area contributed by atoms with E-state index in [1.165, 1.54) is 11.1 Å². The fraction of sp³-hybridized carbons (Fsp3) is 0.538. The number of hydrogen-bond donors (Lipinski definition) is 2. The summed E-state index contributed by atoms with van der Waals surface area (Å²) in [6.07, 6.45) is 6.26. The molecule has 0 aliphatic heterocycles. The predicted octanol–water partition coefficient (Wildman–Crippen LogP) is 7.04. The number of aromatic hydroxyl groups is 2. The molecule has 0 amide bonds. The Morgan fingerprint density at radius 2 is 0.929 bits per heavy atom. The van der Waals surface area contributed by atoms with Gasteiger partial charge in [0.2, 0.25) is 0 Å². The number of unbranched alkanes of at least 4 members (excludes halogenated alkanes) is 3. The molecule has 0 heterocycles. The van der Waals surface area contributed by atoms with Crippen LogP contribution in [0.2, 0.25) is 0 Å². The molecular weight excluding hydrogens is 344 g/mol. The van der Waals surface area contributed by atoms with Gasteiger partial charge in [-0.25, -0.2) is 0 Å². The highest BCUT2D eigenvalue weighted by Gasteiger charge is 2.20. The summed E-state index contributed by atoms with van der Waals surface area (Å²) in [4.78, 5) is 0. The van der Waals surface area contributed by atoms with Crippen LogP contribution >= 0.6 is 0 Å². The van der Waals surface area contributed by atoms with Crippen molar-refractivity contribution < 1.29 is 10.2 Å². The third-order valence-electron chi connectivity index (χ3n) is 5.52. The SMILES string of the molecule is CC(C)(C)c1cccc(O)c1CCCCCCc1c(O)cccc1C(C)(C)C. The maximum absolute atomic E-state index is 10.3. The molecule has 2 aromatic rings. The summed E-state index contributed by atoms with van der Waals surface area (Å²) in [5.41, 5.74) is 4.79. The summed E-state index contributed by atoms with van der Waals surface area (Å²) < 4.78 is 0. The van der Waals surface area contributed by atoms with Crippen LogP contribution in [0.15, 0.2) is 36.4 Å². The molecule has 0 aromatic heterocycles. The normalized spacial score (nSPS) is 12.4. The van der Waals surface area contributed by atoms with Crippen molar-refractivity contribution in [2.75, 3.05) is 0 Å². The van der Waals surface area contributed by atoms with Gasteiger partial charge in [0.25, 0.3) is 0 Å². The minimum absolute atomic E-state index is 0.0439. The zero-order chi connectivity index (χ0) is 20.9. The molecule has 0 saturated heterocycles. The summed E-state index contributed by atoms with van der Waals surface area (Å²) in [6, 6.07) is 11.8. The molecular formula is C26H38O2. The van der Waals surface area contributed by atoms with Gasteiger partial charge in [-0.2, -0.15) is 0 Å². The quantitative estimate of drug-likeness (QED) is 0.504. The van der Waals surface area contributed by atoms with Gasteiger partial charge < -0.3 is 10.2 Å². The molecule has 0 aliphatic rings. The van der Waals surface area contributed by atoms with E-state index in [-0.39, 0.29) is 10.8 Å². The van der Waals surface area contributed by atoms with Crippen LogP contribution in [0.4, 0.5) is 0 Å². The number of benzene rings is 2. The molecule has 0 spiro atoms. The Kier molecular flexibility index (Phi) is 7.20. The minimum atomic E-state index is 0.0439. The molecule has 2 heteroatoms. The number of hydrogen-bond acceptors (Lipinski definition) is 2. The van der Waals surface area contributed by atoms with E-state index in [2.05, 4.69) is 53.7 Å². The van der Waals surface area contributed by atoms with Crippen LogP contribution in [0.1, 0.15) is 89.5 Å². The molecule has 0 radical (unpaired) electrons. The van der Waals surface area contributed by atoms with E-state index in [4.69, 9.17) is 0 Å². The second-order valence-corrected chi connectivity index (χ2v) is 10.0. The predicted molar refractivity (Wildman–Crippen MR) is 119 cm³/mol. The van der Waals surface area contributed by atoms with Crippen molar-refractivity contribution >= 4 is 0 Å². The first-order valence-corrected chi connectivity index (χ1v) is 10.6. The Morgan fingerprint density at radius 1 is 0.571 bits per heavy atom. The van der Waals surface area contributed by atoms with Crippen molar-refractivity contribution in [3.8, 4) is 11.5 Å². The molecule has 154 valence electrons. The first kappa shape index (κ1) is 22.3. The Bertz CT molecular complexity index is 708. The highest BCUT2D eigenvalue weighted by Crippen LogP contribution is 2.34. The second kappa shape index (κ2) is 9.03. The molecule has 0 bridgehead atoms. The van der Waals surface area contributed by atoms with Crippen molar-refractivity contribution in [2.24, 2.45) is 0 Å². The van der Waals surface area contributed by atoms with Crippen LogP contribution < -0.4 is 0 Å². The van der Waals surface area contributed by atoms with Gasteiger partial charge in [0.15, 0.2) is 0 Å². The van der Waals surface area contributed by atoms with Crippen LogP contribution in [0.5, 0.6) is 11.5 Å². The van der Waals surface area contributed by atoms with Gasteiger partial charge in [0, 0.05) is 0 Å². The van der Waals surface area contributed by atoms with Gasteiger partial charge in [-0.05, 0) is 70.9 Å². The summed E-state index contributed by atoms with van der Waals surface area (Å²) in [6.45, 7) is 13.2. The number of phenols is 2. The highest BCUT2D eigenvalue weighted by molar-refractivity contribution is 5.43. The molecule has 2 nitrogen and oxygen atoms in total. The lowest BCUT2D eigenvalue weighted by atomic mass is 9.81. The van der Waals surface area contributed by atoms with Crippen molar-refractivity contribution in [3.63, 3.8) is 0 Å². The van der Waals surface area contributed by atoms with Crippen LogP contribution in [-0.2, 0) is 23.7 Å². The Morgan fingerprint density at radius 3 is 1.25 bits per heavy atom. The summed E-state index contributed by atoms with van der Waals surface area (Å²) in [7, 11) is 0. The Balaban J connectivity index is 1.90. The van der Waals surface area contributed by atoms with E-state index >= 15 is 0 Å². The maximum atomic E-state index is 10.3. The van der Waals surface area contributed by atoms with Crippen molar-refractivity contribution in [1.82, 2.24) is 0 Å². The fourth-order valence-corrected chi connectivity index (χ4v) is 4.04. The lowest BCUT2D eigenvalue weighted by Crippen LogP contribution is -2.14. The van der Waals surface area contributed by atoms with E-state index in [0.29, 0.717) is 11.5 Å². The average Bonchev–Trinajstić information content (AvgIpc) is 2.58.